The zero-order valence-electron chi connectivity index (χ0n) is 8.56. The molecule has 1 aromatic heterocycles. The van der Waals surface area contributed by atoms with Gasteiger partial charge in [0, 0.05) is 11.9 Å². The third kappa shape index (κ3) is 1.64. The minimum Gasteiger partial charge on any atom is -0.317 e. The van der Waals surface area contributed by atoms with Crippen molar-refractivity contribution in [3.05, 3.63) is 67.9 Å². The number of rotatable bonds is 3. The number of fused-ring (bicyclic) bond motifs is 1. The van der Waals surface area contributed by atoms with Gasteiger partial charge in [-0.05, 0) is 29.7 Å². The summed E-state index contributed by atoms with van der Waals surface area (Å²) in [6.45, 7) is 7.51. The number of nitrogens with zero attached hydrogens (tertiary/aromatic N) is 1. The van der Waals surface area contributed by atoms with Gasteiger partial charge in [0.05, 0.1) is 5.52 Å². The minimum atomic E-state index is 1.03. The van der Waals surface area contributed by atoms with Crippen molar-refractivity contribution < 1.29 is 0 Å². The first-order chi connectivity index (χ1) is 7.36. The molecule has 0 N–H and O–H groups in total. The molecule has 1 nitrogen and oxygen atoms in total. The Morgan fingerprint density at radius 3 is 2.67 bits per heavy atom. The first-order valence-electron chi connectivity index (χ1n) is 4.88. The Morgan fingerprint density at radius 2 is 1.93 bits per heavy atom. The Labute approximate surface area is 89.7 Å². The van der Waals surface area contributed by atoms with Gasteiger partial charge in [0.2, 0.25) is 0 Å². The van der Waals surface area contributed by atoms with E-state index < -0.39 is 0 Å². The normalized spacial score (nSPS) is 11.6. The zero-order chi connectivity index (χ0) is 10.7. The summed E-state index contributed by atoms with van der Waals surface area (Å²) in [7, 11) is 0. The van der Waals surface area contributed by atoms with Gasteiger partial charge in [-0.1, -0.05) is 37.4 Å². The van der Waals surface area contributed by atoms with Crippen LogP contribution in [0.1, 0.15) is 0 Å². The van der Waals surface area contributed by atoms with Crippen molar-refractivity contribution in [3.63, 3.8) is 0 Å². The van der Waals surface area contributed by atoms with Gasteiger partial charge in [-0.2, -0.15) is 0 Å². The molecule has 1 aromatic carbocycles. The lowest BCUT2D eigenvalue weighted by Gasteiger charge is -2.04. The zero-order valence-corrected chi connectivity index (χ0v) is 8.56. The molecule has 0 bridgehead atoms. The molecular weight excluding hydrogens is 182 g/mol. The third-order valence-electron chi connectivity index (χ3n) is 2.38. The molecule has 0 aliphatic heterocycles. The Balaban J connectivity index is 2.66. The first kappa shape index (κ1) is 9.53. The molecule has 0 aliphatic rings. The smallest absolute Gasteiger partial charge is 0.0528 e. The summed E-state index contributed by atoms with van der Waals surface area (Å²) in [6, 6.07) is 10.4. The Morgan fingerprint density at radius 1 is 1.13 bits per heavy atom. The molecule has 0 fully saturated rings. The van der Waals surface area contributed by atoms with E-state index in [2.05, 4.69) is 35.9 Å². The maximum absolute atomic E-state index is 3.81. The van der Waals surface area contributed by atoms with Crippen molar-refractivity contribution in [2.24, 2.45) is 0 Å². The van der Waals surface area contributed by atoms with E-state index in [1.807, 2.05) is 30.5 Å². The largest absolute Gasteiger partial charge is 0.317 e. The molecule has 0 spiro atoms. The predicted molar refractivity (Wildman–Crippen MR) is 66.6 cm³/mol. The lowest BCUT2D eigenvalue weighted by molar-refractivity contribution is 1.18. The number of para-hydroxylation sites is 1. The van der Waals surface area contributed by atoms with Gasteiger partial charge in [0.15, 0.2) is 0 Å². The van der Waals surface area contributed by atoms with E-state index in [0.717, 1.165) is 5.70 Å². The summed E-state index contributed by atoms with van der Waals surface area (Å²) < 4.78 is 2.10. The van der Waals surface area contributed by atoms with E-state index in [4.69, 9.17) is 0 Å². The van der Waals surface area contributed by atoms with Crippen LogP contribution >= 0.6 is 0 Å². The van der Waals surface area contributed by atoms with Crippen molar-refractivity contribution in [3.8, 4) is 0 Å². The summed E-state index contributed by atoms with van der Waals surface area (Å²) >= 11 is 0. The summed E-state index contributed by atoms with van der Waals surface area (Å²) in [4.78, 5) is 0. The second kappa shape index (κ2) is 4.01. The summed E-state index contributed by atoms with van der Waals surface area (Å²) in [5.74, 6) is 0. The van der Waals surface area contributed by atoms with Crippen LogP contribution in [0.4, 0.5) is 0 Å². The third-order valence-corrected chi connectivity index (χ3v) is 2.38. The monoisotopic (exact) mass is 195 g/mol. The number of hydrogen-bond donors (Lipinski definition) is 0. The molecule has 0 radical (unpaired) electrons. The Bertz CT molecular complexity index is 529. The average molecular weight is 195 g/mol. The summed E-state index contributed by atoms with van der Waals surface area (Å²) in [6.07, 6.45) is 7.58. The van der Waals surface area contributed by atoms with Gasteiger partial charge in [-0.25, -0.2) is 0 Å². The molecule has 1 heterocycles. The van der Waals surface area contributed by atoms with E-state index in [-0.39, 0.29) is 0 Å². The fourth-order valence-corrected chi connectivity index (χ4v) is 1.68. The molecular formula is C14H13N. The SMILES string of the molecule is C=C/C=C(\C=C)n1ccc2ccccc21. The highest BCUT2D eigenvalue weighted by Crippen LogP contribution is 2.19. The van der Waals surface area contributed by atoms with Crippen molar-refractivity contribution >= 4 is 16.6 Å². The molecule has 0 amide bonds. The first-order valence-corrected chi connectivity index (χ1v) is 4.88. The van der Waals surface area contributed by atoms with Gasteiger partial charge in [-0.3, -0.25) is 0 Å². The van der Waals surface area contributed by atoms with Crippen LogP contribution in [0, 0.1) is 0 Å². The van der Waals surface area contributed by atoms with Crippen LogP contribution < -0.4 is 0 Å². The van der Waals surface area contributed by atoms with E-state index in [1.54, 1.807) is 6.08 Å². The summed E-state index contributed by atoms with van der Waals surface area (Å²) in [5.41, 5.74) is 2.22. The molecule has 15 heavy (non-hydrogen) atoms. The standard InChI is InChI=1S/C14H13N/c1-3-7-13(4-2)15-11-10-12-8-5-6-9-14(12)15/h3-11H,1-2H2/b13-7+. The lowest BCUT2D eigenvalue weighted by atomic mass is 10.2. The maximum atomic E-state index is 3.81. The van der Waals surface area contributed by atoms with Gasteiger partial charge >= 0.3 is 0 Å². The van der Waals surface area contributed by atoms with Crippen LogP contribution in [0.2, 0.25) is 0 Å². The van der Waals surface area contributed by atoms with Gasteiger partial charge in [0.1, 0.15) is 0 Å². The van der Waals surface area contributed by atoms with E-state index >= 15 is 0 Å². The topological polar surface area (TPSA) is 4.93 Å². The fraction of sp³-hybridized carbons (Fsp3) is 0. The fourth-order valence-electron chi connectivity index (χ4n) is 1.68. The summed E-state index contributed by atoms with van der Waals surface area (Å²) in [5, 5.41) is 1.23. The van der Waals surface area contributed by atoms with Crippen molar-refractivity contribution in [2.75, 3.05) is 0 Å². The van der Waals surface area contributed by atoms with Crippen LogP contribution in [0.3, 0.4) is 0 Å². The van der Waals surface area contributed by atoms with Crippen LogP contribution in [0.25, 0.3) is 16.6 Å². The predicted octanol–water partition coefficient (Wildman–Crippen LogP) is 3.85. The van der Waals surface area contributed by atoms with Crippen LogP contribution in [-0.2, 0) is 0 Å². The molecule has 0 unspecified atom stereocenters. The molecule has 0 saturated heterocycles. The van der Waals surface area contributed by atoms with Crippen molar-refractivity contribution in [2.45, 2.75) is 0 Å². The quantitative estimate of drug-likeness (QED) is 0.655. The van der Waals surface area contributed by atoms with Gasteiger partial charge in [-0.15, -0.1) is 0 Å². The van der Waals surface area contributed by atoms with Crippen LogP contribution in [0.15, 0.2) is 67.9 Å². The van der Waals surface area contributed by atoms with Crippen molar-refractivity contribution in [1.82, 2.24) is 4.57 Å². The maximum Gasteiger partial charge on any atom is 0.0528 e. The second-order valence-corrected chi connectivity index (χ2v) is 3.28. The van der Waals surface area contributed by atoms with Crippen LogP contribution in [-0.4, -0.2) is 4.57 Å². The Hall–Kier alpha value is -2.02. The molecule has 2 aromatic rings. The molecule has 0 aliphatic carbocycles. The van der Waals surface area contributed by atoms with Gasteiger partial charge in [0.25, 0.3) is 0 Å². The lowest BCUT2D eigenvalue weighted by Crippen LogP contribution is -1.91. The van der Waals surface area contributed by atoms with E-state index in [0.29, 0.717) is 0 Å². The van der Waals surface area contributed by atoms with Crippen LogP contribution in [0.5, 0.6) is 0 Å². The van der Waals surface area contributed by atoms with Crippen molar-refractivity contribution in [1.29, 1.82) is 0 Å². The Kier molecular flexibility index (Phi) is 2.55. The highest BCUT2D eigenvalue weighted by atomic mass is 15.0. The molecule has 74 valence electrons. The molecule has 0 atom stereocenters. The number of benzene rings is 1. The van der Waals surface area contributed by atoms with Gasteiger partial charge < -0.3 is 4.57 Å². The molecule has 1 heteroatoms. The number of hydrogen-bond acceptors (Lipinski definition) is 0. The minimum absolute atomic E-state index is 1.03. The second-order valence-electron chi connectivity index (χ2n) is 3.28. The van der Waals surface area contributed by atoms with E-state index in [9.17, 15) is 0 Å². The highest BCUT2D eigenvalue weighted by molar-refractivity contribution is 5.84. The van der Waals surface area contributed by atoms with E-state index in [1.165, 1.54) is 10.9 Å². The average Bonchev–Trinajstić information content (AvgIpc) is 2.70. The number of allylic oxidation sites excluding steroid dienone is 4. The highest BCUT2D eigenvalue weighted by Gasteiger charge is 2.00. The molecule has 2 rings (SSSR count). The number of aromatic nitrogens is 1. The molecule has 0 saturated carbocycles.